The third kappa shape index (κ3) is 4.28. The summed E-state index contributed by atoms with van der Waals surface area (Å²) in [5.41, 5.74) is 1.55. The number of phenols is 1. The fraction of sp³-hybridized carbons (Fsp3) is 0.429. The minimum atomic E-state index is -0.407. The van der Waals surface area contributed by atoms with Gasteiger partial charge in [0.15, 0.2) is 0 Å². The molecule has 5 nitrogen and oxygen atoms in total. The number of ether oxygens (including phenoxy) is 1. The Balaban J connectivity index is 2.80. The van der Waals surface area contributed by atoms with Crippen LogP contribution in [0.3, 0.4) is 0 Å². The van der Waals surface area contributed by atoms with Crippen LogP contribution < -0.4 is 4.90 Å². The SMILES string of the molecule is CCN(CC)c1ccc(C=NCC(=O)OC)c(O)c1. The van der Waals surface area contributed by atoms with Gasteiger partial charge in [0.1, 0.15) is 12.3 Å². The molecule has 0 aliphatic rings. The van der Waals surface area contributed by atoms with Gasteiger partial charge in [-0.1, -0.05) is 0 Å². The number of anilines is 1. The molecular weight excluding hydrogens is 244 g/mol. The molecule has 0 heterocycles. The molecule has 104 valence electrons. The highest BCUT2D eigenvalue weighted by Crippen LogP contribution is 2.23. The van der Waals surface area contributed by atoms with E-state index in [2.05, 4.69) is 28.5 Å². The maximum atomic E-state index is 10.9. The van der Waals surface area contributed by atoms with Crippen molar-refractivity contribution in [1.82, 2.24) is 0 Å². The van der Waals surface area contributed by atoms with Crippen molar-refractivity contribution < 1.29 is 14.6 Å². The van der Waals surface area contributed by atoms with Gasteiger partial charge in [0.25, 0.3) is 0 Å². The minimum absolute atomic E-state index is 0.0479. The van der Waals surface area contributed by atoms with Crippen molar-refractivity contribution in [2.24, 2.45) is 4.99 Å². The lowest BCUT2D eigenvalue weighted by molar-refractivity contribution is -0.138. The van der Waals surface area contributed by atoms with E-state index in [1.807, 2.05) is 6.07 Å². The summed E-state index contributed by atoms with van der Waals surface area (Å²) in [4.78, 5) is 17.0. The Morgan fingerprint density at radius 1 is 1.42 bits per heavy atom. The van der Waals surface area contributed by atoms with E-state index >= 15 is 0 Å². The lowest BCUT2D eigenvalue weighted by atomic mass is 10.2. The quantitative estimate of drug-likeness (QED) is 0.629. The Morgan fingerprint density at radius 2 is 2.11 bits per heavy atom. The monoisotopic (exact) mass is 264 g/mol. The number of hydrogen-bond donors (Lipinski definition) is 1. The van der Waals surface area contributed by atoms with Gasteiger partial charge >= 0.3 is 5.97 Å². The zero-order valence-corrected chi connectivity index (χ0v) is 11.6. The highest BCUT2D eigenvalue weighted by atomic mass is 16.5. The number of phenolic OH excluding ortho intramolecular Hbond substituents is 1. The number of nitrogens with zero attached hydrogens (tertiary/aromatic N) is 2. The number of esters is 1. The number of aromatic hydroxyl groups is 1. The molecule has 0 saturated heterocycles. The Kier molecular flexibility index (Phi) is 5.85. The summed E-state index contributed by atoms with van der Waals surface area (Å²) >= 11 is 0. The predicted molar refractivity (Wildman–Crippen MR) is 76.1 cm³/mol. The number of rotatable bonds is 6. The van der Waals surface area contributed by atoms with E-state index < -0.39 is 5.97 Å². The maximum absolute atomic E-state index is 10.9. The summed E-state index contributed by atoms with van der Waals surface area (Å²) < 4.78 is 4.48. The number of hydrogen-bond acceptors (Lipinski definition) is 5. The summed E-state index contributed by atoms with van der Waals surface area (Å²) in [6.07, 6.45) is 1.47. The van der Waals surface area contributed by atoms with Crippen molar-refractivity contribution in [3.05, 3.63) is 23.8 Å². The van der Waals surface area contributed by atoms with Crippen LogP contribution in [-0.4, -0.2) is 44.0 Å². The molecule has 0 aliphatic heterocycles. The Morgan fingerprint density at radius 3 is 2.63 bits per heavy atom. The molecule has 1 aromatic carbocycles. The van der Waals surface area contributed by atoms with Crippen molar-refractivity contribution in [2.45, 2.75) is 13.8 Å². The maximum Gasteiger partial charge on any atom is 0.327 e. The van der Waals surface area contributed by atoms with E-state index in [-0.39, 0.29) is 12.3 Å². The summed E-state index contributed by atoms with van der Waals surface area (Å²) in [6.45, 7) is 5.84. The van der Waals surface area contributed by atoms with E-state index in [4.69, 9.17) is 0 Å². The molecule has 0 aliphatic carbocycles. The van der Waals surface area contributed by atoms with Crippen LogP contribution in [0.25, 0.3) is 0 Å². The van der Waals surface area contributed by atoms with Gasteiger partial charge in [-0.15, -0.1) is 0 Å². The fourth-order valence-electron chi connectivity index (χ4n) is 1.71. The van der Waals surface area contributed by atoms with Crippen LogP contribution in [0.15, 0.2) is 23.2 Å². The van der Waals surface area contributed by atoms with Crippen molar-refractivity contribution in [3.8, 4) is 5.75 Å². The molecule has 0 atom stereocenters. The third-order valence-electron chi connectivity index (χ3n) is 2.82. The first kappa shape index (κ1) is 15.0. The topological polar surface area (TPSA) is 62.1 Å². The smallest absolute Gasteiger partial charge is 0.327 e. The molecule has 1 N–H and O–H groups in total. The number of methoxy groups -OCH3 is 1. The average Bonchev–Trinajstić information content (AvgIpc) is 2.42. The molecule has 0 spiro atoms. The minimum Gasteiger partial charge on any atom is -0.507 e. The fourth-order valence-corrected chi connectivity index (χ4v) is 1.71. The second-order valence-corrected chi connectivity index (χ2v) is 3.96. The van der Waals surface area contributed by atoms with Gasteiger partial charge in [-0.3, -0.25) is 9.79 Å². The molecule has 0 bridgehead atoms. The molecule has 0 saturated carbocycles. The average molecular weight is 264 g/mol. The first-order valence-electron chi connectivity index (χ1n) is 6.27. The summed E-state index contributed by atoms with van der Waals surface area (Å²) in [6, 6.07) is 5.41. The van der Waals surface area contributed by atoms with E-state index in [0.717, 1.165) is 18.8 Å². The first-order chi connectivity index (χ1) is 9.12. The predicted octanol–water partition coefficient (Wildman–Crippen LogP) is 1.83. The van der Waals surface area contributed by atoms with Crippen LogP contribution in [0.2, 0.25) is 0 Å². The van der Waals surface area contributed by atoms with Crippen molar-refractivity contribution >= 4 is 17.9 Å². The molecule has 19 heavy (non-hydrogen) atoms. The molecule has 1 aromatic rings. The summed E-state index contributed by atoms with van der Waals surface area (Å²) in [5, 5.41) is 9.92. The number of benzene rings is 1. The second-order valence-electron chi connectivity index (χ2n) is 3.96. The van der Waals surface area contributed by atoms with Crippen molar-refractivity contribution in [1.29, 1.82) is 0 Å². The molecule has 0 aromatic heterocycles. The third-order valence-corrected chi connectivity index (χ3v) is 2.82. The molecule has 1 rings (SSSR count). The van der Waals surface area contributed by atoms with Gasteiger partial charge < -0.3 is 14.7 Å². The van der Waals surface area contributed by atoms with Crippen LogP contribution in [0.5, 0.6) is 5.75 Å². The van der Waals surface area contributed by atoms with Crippen LogP contribution in [-0.2, 0) is 9.53 Å². The molecule has 0 fully saturated rings. The number of carbonyl (C=O) groups is 1. The highest BCUT2D eigenvalue weighted by Gasteiger charge is 2.05. The zero-order chi connectivity index (χ0) is 14.3. The summed E-state index contributed by atoms with van der Waals surface area (Å²) in [5.74, 6) is -0.256. The molecule has 5 heteroatoms. The normalized spacial score (nSPS) is 10.7. The highest BCUT2D eigenvalue weighted by molar-refractivity contribution is 5.86. The van der Waals surface area contributed by atoms with E-state index in [9.17, 15) is 9.90 Å². The van der Waals surface area contributed by atoms with Gasteiger partial charge in [0, 0.05) is 36.6 Å². The molecule has 0 unspecified atom stereocenters. The largest absolute Gasteiger partial charge is 0.507 e. The standard InChI is InChI=1S/C14H20N2O3/c1-4-16(5-2)12-7-6-11(13(17)8-12)9-15-10-14(18)19-3/h6-9,17H,4-5,10H2,1-3H3. The Labute approximate surface area is 113 Å². The number of aliphatic imine (C=N–C) groups is 1. The molecule has 0 radical (unpaired) electrons. The van der Waals surface area contributed by atoms with Crippen molar-refractivity contribution in [2.75, 3.05) is 31.6 Å². The molecule has 0 amide bonds. The molecular formula is C14H20N2O3. The van der Waals surface area contributed by atoms with Gasteiger partial charge in [-0.2, -0.15) is 0 Å². The van der Waals surface area contributed by atoms with Crippen LogP contribution in [0.4, 0.5) is 5.69 Å². The zero-order valence-electron chi connectivity index (χ0n) is 11.6. The van der Waals surface area contributed by atoms with E-state index in [0.29, 0.717) is 5.56 Å². The van der Waals surface area contributed by atoms with Crippen LogP contribution in [0, 0.1) is 0 Å². The van der Waals surface area contributed by atoms with Crippen LogP contribution >= 0.6 is 0 Å². The number of carbonyl (C=O) groups excluding carboxylic acids is 1. The van der Waals surface area contributed by atoms with E-state index in [1.54, 1.807) is 12.1 Å². The van der Waals surface area contributed by atoms with Crippen molar-refractivity contribution in [3.63, 3.8) is 0 Å². The van der Waals surface area contributed by atoms with E-state index in [1.165, 1.54) is 13.3 Å². The Hall–Kier alpha value is -2.04. The Bertz CT molecular complexity index is 454. The van der Waals surface area contributed by atoms with Gasteiger partial charge in [-0.25, -0.2) is 0 Å². The lowest BCUT2D eigenvalue weighted by Gasteiger charge is -2.21. The first-order valence-corrected chi connectivity index (χ1v) is 6.27. The summed E-state index contributed by atoms with van der Waals surface area (Å²) in [7, 11) is 1.31. The lowest BCUT2D eigenvalue weighted by Crippen LogP contribution is -2.21. The van der Waals surface area contributed by atoms with Gasteiger partial charge in [0.2, 0.25) is 0 Å². The van der Waals surface area contributed by atoms with Crippen LogP contribution in [0.1, 0.15) is 19.4 Å². The van der Waals surface area contributed by atoms with Gasteiger partial charge in [-0.05, 0) is 26.0 Å². The second kappa shape index (κ2) is 7.41. The van der Waals surface area contributed by atoms with Gasteiger partial charge in [0.05, 0.1) is 7.11 Å².